The molecule has 0 aromatic carbocycles. The van der Waals surface area contributed by atoms with Crippen molar-refractivity contribution < 1.29 is 9.47 Å². The van der Waals surface area contributed by atoms with E-state index in [1.807, 2.05) is 14.0 Å². The number of hydrogen-bond acceptors (Lipinski definition) is 5. The van der Waals surface area contributed by atoms with Gasteiger partial charge in [0.05, 0.1) is 19.3 Å². The van der Waals surface area contributed by atoms with Gasteiger partial charge in [-0.15, -0.1) is 0 Å². The minimum atomic E-state index is -0.407. The fourth-order valence-corrected chi connectivity index (χ4v) is 2.14. The molecule has 5 nitrogen and oxygen atoms in total. The van der Waals surface area contributed by atoms with Crippen LogP contribution in [0.25, 0.3) is 0 Å². The molecule has 118 valence electrons. The Kier molecular flexibility index (Phi) is 10.7. The predicted molar refractivity (Wildman–Crippen MR) is 81.7 cm³/mol. The molecule has 0 saturated heterocycles. The summed E-state index contributed by atoms with van der Waals surface area (Å²) < 4.78 is 10.4. The zero-order valence-electron chi connectivity index (χ0n) is 13.7. The highest BCUT2D eigenvalue weighted by Crippen LogP contribution is 2.13. The first-order valence-corrected chi connectivity index (χ1v) is 7.35. The molecule has 0 aliphatic rings. The lowest BCUT2D eigenvalue weighted by Gasteiger charge is -2.29. The lowest BCUT2D eigenvalue weighted by Crippen LogP contribution is -2.40. The van der Waals surface area contributed by atoms with Gasteiger partial charge in [-0.2, -0.15) is 5.26 Å². The highest BCUT2D eigenvalue weighted by Gasteiger charge is 2.20. The van der Waals surface area contributed by atoms with E-state index in [4.69, 9.17) is 14.7 Å². The van der Waals surface area contributed by atoms with Crippen LogP contribution in [0.1, 0.15) is 33.1 Å². The molecule has 0 aliphatic heterocycles. The van der Waals surface area contributed by atoms with Gasteiger partial charge in [-0.05, 0) is 46.7 Å². The molecule has 0 aromatic rings. The fourth-order valence-electron chi connectivity index (χ4n) is 2.14. The van der Waals surface area contributed by atoms with Gasteiger partial charge in [0.1, 0.15) is 5.54 Å². The smallest absolute Gasteiger partial charge is 0.103 e. The summed E-state index contributed by atoms with van der Waals surface area (Å²) in [6, 6.07) is 2.72. The number of nitrogens with one attached hydrogen (secondary N) is 1. The molecule has 20 heavy (non-hydrogen) atoms. The molecule has 0 heterocycles. The lowest BCUT2D eigenvalue weighted by molar-refractivity contribution is 0.0737. The number of rotatable bonds is 12. The van der Waals surface area contributed by atoms with Crippen molar-refractivity contribution in [1.82, 2.24) is 10.2 Å². The van der Waals surface area contributed by atoms with Gasteiger partial charge in [-0.25, -0.2) is 0 Å². The molecule has 0 fully saturated rings. The van der Waals surface area contributed by atoms with Crippen LogP contribution in [0.15, 0.2) is 0 Å². The highest BCUT2D eigenvalue weighted by atomic mass is 16.5. The molecule has 0 aromatic heterocycles. The zero-order valence-corrected chi connectivity index (χ0v) is 13.7. The number of methoxy groups -OCH3 is 2. The van der Waals surface area contributed by atoms with Gasteiger partial charge in [0, 0.05) is 26.8 Å². The first-order chi connectivity index (χ1) is 9.52. The van der Waals surface area contributed by atoms with Crippen molar-refractivity contribution in [2.24, 2.45) is 0 Å². The van der Waals surface area contributed by atoms with E-state index in [2.05, 4.69) is 23.2 Å². The van der Waals surface area contributed by atoms with Crippen molar-refractivity contribution in [3.63, 3.8) is 0 Å². The lowest BCUT2D eigenvalue weighted by atomic mass is 9.97. The number of nitriles is 1. The fraction of sp³-hybridized carbons (Fsp3) is 0.933. The van der Waals surface area contributed by atoms with Gasteiger partial charge < -0.3 is 14.8 Å². The summed E-state index contributed by atoms with van der Waals surface area (Å²) >= 11 is 0. The third-order valence-corrected chi connectivity index (χ3v) is 3.78. The predicted octanol–water partition coefficient (Wildman–Crippen LogP) is 1.64. The van der Waals surface area contributed by atoms with E-state index in [9.17, 15) is 0 Å². The van der Waals surface area contributed by atoms with E-state index in [0.717, 1.165) is 45.6 Å². The van der Waals surface area contributed by atoms with Crippen molar-refractivity contribution in [2.45, 2.75) is 44.7 Å². The Morgan fingerprint density at radius 1 is 1.25 bits per heavy atom. The Balaban J connectivity index is 4.10. The highest BCUT2D eigenvalue weighted by molar-refractivity contribution is 5.02. The van der Waals surface area contributed by atoms with Crippen LogP contribution >= 0.6 is 0 Å². The van der Waals surface area contributed by atoms with Crippen LogP contribution in [0, 0.1) is 11.3 Å². The molecule has 1 N–H and O–H groups in total. The molecule has 5 heteroatoms. The summed E-state index contributed by atoms with van der Waals surface area (Å²) in [6.45, 7) is 7.52. The van der Waals surface area contributed by atoms with Crippen LogP contribution in [0.3, 0.4) is 0 Å². The molecule has 2 atom stereocenters. The second-order valence-corrected chi connectivity index (χ2v) is 5.48. The Bertz CT molecular complexity index is 281. The molecule has 0 radical (unpaired) electrons. The maximum Gasteiger partial charge on any atom is 0.103 e. The Morgan fingerprint density at radius 3 is 2.45 bits per heavy atom. The minimum Gasteiger partial charge on any atom is -0.383 e. The molecule has 0 rings (SSSR count). The summed E-state index contributed by atoms with van der Waals surface area (Å²) in [7, 11) is 5.30. The molecule has 0 spiro atoms. The van der Waals surface area contributed by atoms with E-state index in [-0.39, 0.29) is 0 Å². The maximum absolute atomic E-state index is 9.11. The first kappa shape index (κ1) is 19.3. The van der Waals surface area contributed by atoms with Crippen LogP contribution < -0.4 is 5.32 Å². The van der Waals surface area contributed by atoms with Crippen molar-refractivity contribution in [1.29, 1.82) is 5.26 Å². The van der Waals surface area contributed by atoms with Gasteiger partial charge >= 0.3 is 0 Å². The first-order valence-electron chi connectivity index (χ1n) is 7.35. The van der Waals surface area contributed by atoms with Crippen LogP contribution in [-0.4, -0.2) is 64.1 Å². The van der Waals surface area contributed by atoms with E-state index in [0.29, 0.717) is 6.04 Å². The minimum absolute atomic E-state index is 0.391. The van der Waals surface area contributed by atoms with Gasteiger partial charge in [-0.3, -0.25) is 4.90 Å². The average molecular weight is 285 g/mol. The molecular formula is C15H31N3O2. The molecule has 2 unspecified atom stereocenters. The third kappa shape index (κ3) is 7.81. The second-order valence-electron chi connectivity index (χ2n) is 5.48. The second kappa shape index (κ2) is 11.0. The normalized spacial score (nSPS) is 15.8. The van der Waals surface area contributed by atoms with Gasteiger partial charge in [0.25, 0.3) is 0 Å². The molecule has 0 amide bonds. The molecule has 0 aliphatic carbocycles. The molecule has 0 saturated carbocycles. The summed E-state index contributed by atoms with van der Waals surface area (Å²) in [5.41, 5.74) is -0.407. The van der Waals surface area contributed by atoms with Crippen molar-refractivity contribution >= 4 is 0 Å². The monoisotopic (exact) mass is 285 g/mol. The van der Waals surface area contributed by atoms with E-state index in [1.54, 1.807) is 14.2 Å². The third-order valence-electron chi connectivity index (χ3n) is 3.78. The summed E-state index contributed by atoms with van der Waals surface area (Å²) in [5.74, 6) is 0. The largest absolute Gasteiger partial charge is 0.383 e. The van der Waals surface area contributed by atoms with Crippen molar-refractivity contribution in [2.75, 3.05) is 47.6 Å². The summed E-state index contributed by atoms with van der Waals surface area (Å²) in [4.78, 5) is 2.39. The van der Waals surface area contributed by atoms with E-state index in [1.165, 1.54) is 0 Å². The Hall–Kier alpha value is -0.670. The average Bonchev–Trinajstić information content (AvgIpc) is 2.46. The molecular weight excluding hydrogens is 254 g/mol. The standard InChI is InChI=1S/C15H31N3O2/c1-14(12-20-5)18(10-11-19-4)9-7-6-8-15(2,13-16)17-3/h14,17H,6-12H2,1-5H3. The van der Waals surface area contributed by atoms with Gasteiger partial charge in [0.15, 0.2) is 0 Å². The van der Waals surface area contributed by atoms with Crippen LogP contribution in [-0.2, 0) is 9.47 Å². The number of hydrogen-bond donors (Lipinski definition) is 1. The SMILES string of the molecule is CNC(C)(C#N)CCCCN(CCOC)C(C)COC. The van der Waals surface area contributed by atoms with Crippen LogP contribution in [0.4, 0.5) is 0 Å². The number of ether oxygens (including phenoxy) is 2. The topological polar surface area (TPSA) is 57.5 Å². The van der Waals surface area contributed by atoms with Crippen LogP contribution in [0.2, 0.25) is 0 Å². The van der Waals surface area contributed by atoms with Crippen molar-refractivity contribution in [3.05, 3.63) is 0 Å². The summed E-state index contributed by atoms with van der Waals surface area (Å²) in [5, 5.41) is 12.2. The summed E-state index contributed by atoms with van der Waals surface area (Å²) in [6.07, 6.45) is 2.99. The number of unbranched alkanes of at least 4 members (excludes halogenated alkanes) is 1. The van der Waals surface area contributed by atoms with E-state index < -0.39 is 5.54 Å². The van der Waals surface area contributed by atoms with Crippen molar-refractivity contribution in [3.8, 4) is 6.07 Å². The van der Waals surface area contributed by atoms with Crippen LogP contribution in [0.5, 0.6) is 0 Å². The maximum atomic E-state index is 9.11. The van der Waals surface area contributed by atoms with Gasteiger partial charge in [-0.1, -0.05) is 0 Å². The molecule has 0 bridgehead atoms. The van der Waals surface area contributed by atoms with E-state index >= 15 is 0 Å². The Labute approximate surface area is 124 Å². The number of nitrogens with zero attached hydrogens (tertiary/aromatic N) is 2. The zero-order chi connectivity index (χ0) is 15.4. The Morgan fingerprint density at radius 2 is 1.95 bits per heavy atom. The quantitative estimate of drug-likeness (QED) is 0.552. The van der Waals surface area contributed by atoms with Gasteiger partial charge in [0.2, 0.25) is 0 Å².